The first-order valence-electron chi connectivity index (χ1n) is 8.06. The molecular weight excluding hydrogens is 336 g/mol. The van der Waals surface area contributed by atoms with Gasteiger partial charge < -0.3 is 19.8 Å². The lowest BCUT2D eigenvalue weighted by atomic mass is 10.2. The van der Waals surface area contributed by atoms with Crippen molar-refractivity contribution in [2.45, 2.75) is 13.8 Å². The molecular formula is C19H20N2O5. The van der Waals surface area contributed by atoms with E-state index in [2.05, 4.69) is 10.6 Å². The number of rotatable bonds is 7. The van der Waals surface area contributed by atoms with Gasteiger partial charge in [-0.05, 0) is 43.7 Å². The summed E-state index contributed by atoms with van der Waals surface area (Å²) in [7, 11) is 0. The molecule has 7 heteroatoms. The number of benzene rings is 1. The average molecular weight is 356 g/mol. The van der Waals surface area contributed by atoms with Crippen LogP contribution in [0.5, 0.6) is 0 Å². The highest BCUT2D eigenvalue weighted by molar-refractivity contribution is 5.99. The van der Waals surface area contributed by atoms with Crippen LogP contribution in [0.15, 0.2) is 47.1 Å². The number of furan rings is 1. The number of anilines is 1. The maximum Gasteiger partial charge on any atom is 0.330 e. The molecule has 2 aromatic rings. The summed E-state index contributed by atoms with van der Waals surface area (Å²) in [6.07, 6.45) is 4.38. The molecule has 0 atom stereocenters. The second-order valence-electron chi connectivity index (χ2n) is 5.33. The van der Waals surface area contributed by atoms with Gasteiger partial charge in [-0.15, -0.1) is 0 Å². The quantitative estimate of drug-likeness (QED) is 0.587. The van der Waals surface area contributed by atoms with Crippen LogP contribution >= 0.6 is 0 Å². The van der Waals surface area contributed by atoms with Crippen LogP contribution in [0, 0.1) is 6.92 Å². The SMILES string of the molecule is CCOC(=O)/C=C/c1ccc(NC(=O)CNC(=O)c2ccoc2C)cc1. The first kappa shape index (κ1) is 19.0. The largest absolute Gasteiger partial charge is 0.469 e. The normalized spacial score (nSPS) is 10.5. The van der Waals surface area contributed by atoms with Crippen molar-refractivity contribution < 1.29 is 23.5 Å². The predicted molar refractivity (Wildman–Crippen MR) is 96.5 cm³/mol. The Hall–Kier alpha value is -3.35. The summed E-state index contributed by atoms with van der Waals surface area (Å²) in [5.74, 6) is -0.636. The summed E-state index contributed by atoms with van der Waals surface area (Å²) in [6.45, 7) is 3.58. The standard InChI is InChI=1S/C19H20N2O5/c1-3-25-18(23)9-6-14-4-7-15(8-5-14)21-17(22)12-20-19(24)16-10-11-26-13(16)2/h4-11H,3,12H2,1-2H3,(H,20,24)(H,21,22)/b9-6+. The van der Waals surface area contributed by atoms with Gasteiger partial charge in [0.2, 0.25) is 5.91 Å². The number of esters is 1. The predicted octanol–water partition coefficient (Wildman–Crippen LogP) is 2.53. The van der Waals surface area contributed by atoms with Crippen molar-refractivity contribution >= 4 is 29.5 Å². The van der Waals surface area contributed by atoms with Crippen molar-refractivity contribution in [2.24, 2.45) is 0 Å². The number of carbonyl (C=O) groups is 3. The van der Waals surface area contributed by atoms with E-state index in [1.165, 1.54) is 12.3 Å². The third-order valence-corrected chi connectivity index (χ3v) is 3.41. The monoisotopic (exact) mass is 356 g/mol. The van der Waals surface area contributed by atoms with Crippen LogP contribution in [0.25, 0.3) is 6.08 Å². The van der Waals surface area contributed by atoms with Gasteiger partial charge in [-0.3, -0.25) is 9.59 Å². The third kappa shape index (κ3) is 5.62. The summed E-state index contributed by atoms with van der Waals surface area (Å²) in [5, 5.41) is 5.21. The number of amides is 2. The fourth-order valence-corrected chi connectivity index (χ4v) is 2.11. The van der Waals surface area contributed by atoms with E-state index in [9.17, 15) is 14.4 Å². The van der Waals surface area contributed by atoms with Gasteiger partial charge in [0.15, 0.2) is 0 Å². The Morgan fingerprint density at radius 2 is 1.88 bits per heavy atom. The molecule has 1 aromatic carbocycles. The van der Waals surface area contributed by atoms with E-state index in [4.69, 9.17) is 9.15 Å². The lowest BCUT2D eigenvalue weighted by Gasteiger charge is -2.07. The minimum Gasteiger partial charge on any atom is -0.469 e. The molecule has 0 radical (unpaired) electrons. The first-order chi connectivity index (χ1) is 12.5. The van der Waals surface area contributed by atoms with Crippen molar-refractivity contribution in [1.82, 2.24) is 5.32 Å². The molecule has 0 saturated heterocycles. The molecule has 0 saturated carbocycles. The van der Waals surface area contributed by atoms with Gasteiger partial charge in [-0.25, -0.2) is 4.79 Å². The molecule has 136 valence electrons. The molecule has 2 rings (SSSR count). The molecule has 0 fully saturated rings. The van der Waals surface area contributed by atoms with Crippen LogP contribution in [-0.2, 0) is 14.3 Å². The molecule has 2 amide bonds. The average Bonchev–Trinajstić information content (AvgIpc) is 3.05. The van der Waals surface area contributed by atoms with E-state index < -0.39 is 5.97 Å². The molecule has 0 aliphatic heterocycles. The number of nitrogens with one attached hydrogen (secondary N) is 2. The van der Waals surface area contributed by atoms with E-state index in [0.717, 1.165) is 5.56 Å². The number of ether oxygens (including phenoxy) is 1. The smallest absolute Gasteiger partial charge is 0.330 e. The van der Waals surface area contributed by atoms with E-state index >= 15 is 0 Å². The minimum absolute atomic E-state index is 0.159. The van der Waals surface area contributed by atoms with Crippen LogP contribution in [0.2, 0.25) is 0 Å². The zero-order chi connectivity index (χ0) is 18.9. The zero-order valence-corrected chi connectivity index (χ0v) is 14.6. The van der Waals surface area contributed by atoms with Crippen LogP contribution in [0.3, 0.4) is 0 Å². The lowest BCUT2D eigenvalue weighted by molar-refractivity contribution is -0.137. The molecule has 0 spiro atoms. The highest BCUT2D eigenvalue weighted by atomic mass is 16.5. The van der Waals surface area contributed by atoms with Crippen LogP contribution in [0.4, 0.5) is 5.69 Å². The van der Waals surface area contributed by atoms with Crippen molar-refractivity contribution in [2.75, 3.05) is 18.5 Å². The molecule has 2 N–H and O–H groups in total. The van der Waals surface area contributed by atoms with Gasteiger partial charge in [-0.2, -0.15) is 0 Å². The molecule has 26 heavy (non-hydrogen) atoms. The molecule has 0 aliphatic carbocycles. The molecule has 0 aliphatic rings. The van der Waals surface area contributed by atoms with Crippen molar-refractivity contribution in [1.29, 1.82) is 0 Å². The second kappa shape index (κ2) is 9.22. The van der Waals surface area contributed by atoms with Gasteiger partial charge in [0, 0.05) is 11.8 Å². The van der Waals surface area contributed by atoms with Gasteiger partial charge in [0.25, 0.3) is 5.91 Å². The Morgan fingerprint density at radius 3 is 2.50 bits per heavy atom. The van der Waals surface area contributed by atoms with Crippen molar-refractivity contribution in [3.05, 3.63) is 59.6 Å². The Balaban J connectivity index is 1.82. The summed E-state index contributed by atoms with van der Waals surface area (Å²) in [6, 6.07) is 8.44. The number of hydrogen-bond acceptors (Lipinski definition) is 5. The highest BCUT2D eigenvalue weighted by Gasteiger charge is 2.12. The van der Waals surface area contributed by atoms with Gasteiger partial charge in [-0.1, -0.05) is 12.1 Å². The number of hydrogen-bond donors (Lipinski definition) is 2. The van der Waals surface area contributed by atoms with Crippen molar-refractivity contribution in [3.8, 4) is 0 Å². The topological polar surface area (TPSA) is 97.6 Å². The van der Waals surface area contributed by atoms with Crippen LogP contribution in [0.1, 0.15) is 28.6 Å². The van der Waals surface area contributed by atoms with Crippen molar-refractivity contribution in [3.63, 3.8) is 0 Å². The Morgan fingerprint density at radius 1 is 1.15 bits per heavy atom. The molecule has 1 aromatic heterocycles. The summed E-state index contributed by atoms with van der Waals surface area (Å²) < 4.78 is 9.85. The van der Waals surface area contributed by atoms with Gasteiger partial charge in [0.05, 0.1) is 25.0 Å². The van der Waals surface area contributed by atoms with E-state index in [1.54, 1.807) is 50.3 Å². The van der Waals surface area contributed by atoms with E-state index in [0.29, 0.717) is 23.6 Å². The minimum atomic E-state index is -0.409. The number of aryl methyl sites for hydroxylation is 1. The maximum absolute atomic E-state index is 11.9. The first-order valence-corrected chi connectivity index (χ1v) is 8.06. The number of carbonyl (C=O) groups excluding carboxylic acids is 3. The molecule has 0 unspecified atom stereocenters. The summed E-state index contributed by atoms with van der Waals surface area (Å²) in [4.78, 5) is 35.1. The van der Waals surface area contributed by atoms with Gasteiger partial charge >= 0.3 is 5.97 Å². The second-order valence-corrected chi connectivity index (χ2v) is 5.33. The Labute approximate surface area is 151 Å². The Kier molecular flexibility index (Phi) is 6.73. The molecule has 0 bridgehead atoms. The Bertz CT molecular complexity index is 806. The zero-order valence-electron chi connectivity index (χ0n) is 14.6. The van der Waals surface area contributed by atoms with E-state index in [1.807, 2.05) is 0 Å². The fraction of sp³-hybridized carbons (Fsp3) is 0.211. The third-order valence-electron chi connectivity index (χ3n) is 3.41. The van der Waals surface area contributed by atoms with Crippen LogP contribution < -0.4 is 10.6 Å². The maximum atomic E-state index is 11.9. The lowest BCUT2D eigenvalue weighted by Crippen LogP contribution is -2.32. The summed E-state index contributed by atoms with van der Waals surface area (Å²) in [5.41, 5.74) is 1.77. The summed E-state index contributed by atoms with van der Waals surface area (Å²) >= 11 is 0. The molecule has 7 nitrogen and oxygen atoms in total. The fourth-order valence-electron chi connectivity index (χ4n) is 2.11. The molecule has 1 heterocycles. The van der Waals surface area contributed by atoms with E-state index in [-0.39, 0.29) is 18.4 Å². The van der Waals surface area contributed by atoms with Crippen LogP contribution in [-0.4, -0.2) is 30.9 Å². The van der Waals surface area contributed by atoms with Gasteiger partial charge in [0.1, 0.15) is 5.76 Å². The highest BCUT2D eigenvalue weighted by Crippen LogP contribution is 2.11.